The molecule has 0 aliphatic carbocycles. The SMILES string of the molecule is Cc1ccc(C(=O)Nc2ccc(NCCO)c(C(F)(F)F)c2)cc1-n1cc(-c2cccnc2)nn1. The van der Waals surface area contributed by atoms with E-state index in [4.69, 9.17) is 5.11 Å². The average molecular weight is 482 g/mol. The van der Waals surface area contributed by atoms with E-state index in [1.165, 1.54) is 16.8 Å². The summed E-state index contributed by atoms with van der Waals surface area (Å²) in [4.78, 5) is 16.9. The van der Waals surface area contributed by atoms with Gasteiger partial charge in [-0.1, -0.05) is 11.3 Å². The Hall–Kier alpha value is -4.25. The number of anilines is 2. The van der Waals surface area contributed by atoms with Crippen molar-refractivity contribution in [1.29, 1.82) is 0 Å². The minimum absolute atomic E-state index is 0.0152. The molecule has 0 radical (unpaired) electrons. The molecular weight excluding hydrogens is 461 g/mol. The number of aromatic nitrogens is 4. The van der Waals surface area contributed by atoms with Gasteiger partial charge < -0.3 is 15.7 Å². The van der Waals surface area contributed by atoms with Gasteiger partial charge in [0, 0.05) is 41.4 Å². The van der Waals surface area contributed by atoms with Crippen molar-refractivity contribution >= 4 is 17.3 Å². The number of aryl methyl sites for hydroxylation is 1. The lowest BCUT2D eigenvalue weighted by Gasteiger charge is -2.16. The Morgan fingerprint density at radius 3 is 2.69 bits per heavy atom. The third-order valence-corrected chi connectivity index (χ3v) is 5.18. The van der Waals surface area contributed by atoms with Crippen molar-refractivity contribution in [3.63, 3.8) is 0 Å². The van der Waals surface area contributed by atoms with Gasteiger partial charge in [-0.3, -0.25) is 9.78 Å². The number of hydrogen-bond acceptors (Lipinski definition) is 6. The molecule has 4 aromatic rings. The van der Waals surface area contributed by atoms with Gasteiger partial charge >= 0.3 is 6.18 Å². The highest BCUT2D eigenvalue weighted by molar-refractivity contribution is 6.04. The largest absolute Gasteiger partial charge is 0.418 e. The summed E-state index contributed by atoms with van der Waals surface area (Å²) in [6, 6.07) is 11.9. The Morgan fingerprint density at radius 2 is 1.97 bits per heavy atom. The van der Waals surface area contributed by atoms with Crippen molar-refractivity contribution < 1.29 is 23.1 Å². The summed E-state index contributed by atoms with van der Waals surface area (Å²) in [5.74, 6) is -0.581. The lowest BCUT2D eigenvalue weighted by Crippen LogP contribution is -2.16. The molecule has 0 aliphatic rings. The number of carbonyl (C=O) groups excluding carboxylic acids is 1. The van der Waals surface area contributed by atoms with Crippen LogP contribution in [-0.2, 0) is 6.18 Å². The number of amides is 1. The number of halogens is 3. The Kier molecular flexibility index (Phi) is 6.78. The highest BCUT2D eigenvalue weighted by Gasteiger charge is 2.34. The summed E-state index contributed by atoms with van der Waals surface area (Å²) < 4.78 is 42.0. The normalized spacial score (nSPS) is 11.3. The molecule has 2 aromatic carbocycles. The van der Waals surface area contributed by atoms with Gasteiger partial charge in [0.05, 0.1) is 24.1 Å². The predicted molar refractivity (Wildman–Crippen MR) is 124 cm³/mol. The molecule has 8 nitrogen and oxygen atoms in total. The first-order valence-corrected chi connectivity index (χ1v) is 10.6. The first-order valence-electron chi connectivity index (χ1n) is 10.6. The van der Waals surface area contributed by atoms with Crippen LogP contribution in [0.2, 0.25) is 0 Å². The van der Waals surface area contributed by atoms with Crippen LogP contribution in [0.3, 0.4) is 0 Å². The second-order valence-corrected chi connectivity index (χ2v) is 7.65. The van der Waals surface area contributed by atoms with Crippen LogP contribution in [0.1, 0.15) is 21.5 Å². The second kappa shape index (κ2) is 9.94. The average Bonchev–Trinajstić information content (AvgIpc) is 3.33. The number of aliphatic hydroxyl groups is 1. The van der Waals surface area contributed by atoms with Crippen LogP contribution in [0.25, 0.3) is 16.9 Å². The summed E-state index contributed by atoms with van der Waals surface area (Å²) in [6.45, 7) is 1.49. The van der Waals surface area contributed by atoms with Gasteiger partial charge in [-0.15, -0.1) is 5.10 Å². The molecule has 4 rings (SSSR count). The van der Waals surface area contributed by atoms with Gasteiger partial charge in [0.15, 0.2) is 0 Å². The van der Waals surface area contributed by atoms with E-state index in [9.17, 15) is 18.0 Å². The standard InChI is InChI=1S/C24H21F3N6O2/c1-15-4-5-16(11-22(15)33-14-21(31-32-33)17-3-2-8-28-13-17)23(35)30-18-6-7-20(29-9-10-34)19(12-18)24(25,26)27/h2-8,11-14,29,34H,9-10H2,1H3,(H,30,35). The van der Waals surface area contributed by atoms with Crippen LogP contribution < -0.4 is 10.6 Å². The zero-order valence-corrected chi connectivity index (χ0v) is 18.5. The van der Waals surface area contributed by atoms with Crippen molar-refractivity contribution in [2.24, 2.45) is 0 Å². The summed E-state index contributed by atoms with van der Waals surface area (Å²) in [5.41, 5.74) is 1.89. The van der Waals surface area contributed by atoms with Gasteiger partial charge in [0.1, 0.15) is 5.69 Å². The van der Waals surface area contributed by atoms with E-state index in [0.29, 0.717) is 11.4 Å². The summed E-state index contributed by atoms with van der Waals surface area (Å²) >= 11 is 0. The molecule has 0 fully saturated rings. The fourth-order valence-electron chi connectivity index (χ4n) is 3.43. The third kappa shape index (κ3) is 5.46. The van der Waals surface area contributed by atoms with Gasteiger partial charge in [-0.05, 0) is 55.0 Å². The van der Waals surface area contributed by atoms with E-state index < -0.39 is 17.6 Å². The van der Waals surface area contributed by atoms with Crippen LogP contribution in [-0.4, -0.2) is 44.1 Å². The number of nitrogens with zero attached hydrogens (tertiary/aromatic N) is 4. The van der Waals surface area contributed by atoms with Gasteiger partial charge in [0.2, 0.25) is 0 Å². The summed E-state index contributed by atoms with van der Waals surface area (Å²) in [6.07, 6.45) is 0.366. The lowest BCUT2D eigenvalue weighted by molar-refractivity contribution is -0.136. The first kappa shape index (κ1) is 23.9. The van der Waals surface area contributed by atoms with E-state index in [-0.39, 0.29) is 30.1 Å². The second-order valence-electron chi connectivity index (χ2n) is 7.65. The minimum atomic E-state index is -4.64. The van der Waals surface area contributed by atoms with Crippen molar-refractivity contribution in [3.05, 3.63) is 83.8 Å². The highest BCUT2D eigenvalue weighted by Crippen LogP contribution is 2.36. The molecule has 0 unspecified atom stereocenters. The predicted octanol–water partition coefficient (Wildman–Crippen LogP) is 4.31. The summed E-state index contributed by atoms with van der Waals surface area (Å²) in [5, 5.41) is 22.2. The molecule has 0 spiro atoms. The zero-order chi connectivity index (χ0) is 25.0. The van der Waals surface area contributed by atoms with E-state index in [2.05, 4.69) is 25.9 Å². The number of rotatable bonds is 7. The monoisotopic (exact) mass is 482 g/mol. The molecule has 0 bridgehead atoms. The van der Waals surface area contributed by atoms with E-state index in [1.54, 1.807) is 42.9 Å². The van der Waals surface area contributed by atoms with Crippen LogP contribution in [0.5, 0.6) is 0 Å². The molecule has 1 amide bonds. The maximum Gasteiger partial charge on any atom is 0.418 e. The van der Waals surface area contributed by atoms with Crippen LogP contribution in [0, 0.1) is 6.92 Å². The van der Waals surface area contributed by atoms with Gasteiger partial charge in [-0.25, -0.2) is 4.68 Å². The minimum Gasteiger partial charge on any atom is -0.395 e. The molecule has 3 N–H and O–H groups in total. The fraction of sp³-hybridized carbons (Fsp3) is 0.167. The molecule has 11 heteroatoms. The van der Waals surface area contributed by atoms with Gasteiger partial charge in [-0.2, -0.15) is 13.2 Å². The number of carbonyl (C=O) groups is 1. The number of benzene rings is 2. The lowest BCUT2D eigenvalue weighted by atomic mass is 10.1. The molecular formula is C24H21F3N6O2. The molecule has 0 saturated heterocycles. The maximum atomic E-state index is 13.5. The number of aliphatic hydroxyl groups excluding tert-OH is 1. The molecule has 0 aliphatic heterocycles. The quantitative estimate of drug-likeness (QED) is 0.363. The molecule has 0 atom stereocenters. The van der Waals surface area contributed by atoms with Crippen LogP contribution in [0.15, 0.2) is 67.1 Å². The number of alkyl halides is 3. The molecule has 2 aromatic heterocycles. The Bertz CT molecular complexity index is 1340. The first-order chi connectivity index (χ1) is 16.8. The van der Waals surface area contributed by atoms with E-state index in [1.807, 2.05) is 13.0 Å². The third-order valence-electron chi connectivity index (χ3n) is 5.18. The molecule has 0 saturated carbocycles. The van der Waals surface area contributed by atoms with Crippen molar-refractivity contribution in [3.8, 4) is 16.9 Å². The Morgan fingerprint density at radius 1 is 1.14 bits per heavy atom. The van der Waals surface area contributed by atoms with Crippen LogP contribution >= 0.6 is 0 Å². The zero-order valence-electron chi connectivity index (χ0n) is 18.5. The highest BCUT2D eigenvalue weighted by atomic mass is 19.4. The number of pyridine rings is 1. The fourth-order valence-corrected chi connectivity index (χ4v) is 3.43. The molecule has 2 heterocycles. The van der Waals surface area contributed by atoms with Gasteiger partial charge in [0.25, 0.3) is 5.91 Å². The van der Waals surface area contributed by atoms with E-state index >= 15 is 0 Å². The van der Waals surface area contributed by atoms with E-state index in [0.717, 1.165) is 17.2 Å². The Labute approximate surface area is 198 Å². The molecule has 180 valence electrons. The van der Waals surface area contributed by atoms with Crippen molar-refractivity contribution in [1.82, 2.24) is 20.0 Å². The number of nitrogens with one attached hydrogen (secondary N) is 2. The summed E-state index contributed by atoms with van der Waals surface area (Å²) in [7, 11) is 0. The molecule has 35 heavy (non-hydrogen) atoms. The topological polar surface area (TPSA) is 105 Å². The number of hydrogen-bond donors (Lipinski definition) is 3. The van der Waals surface area contributed by atoms with Crippen molar-refractivity contribution in [2.45, 2.75) is 13.1 Å². The van der Waals surface area contributed by atoms with Crippen molar-refractivity contribution in [2.75, 3.05) is 23.8 Å². The smallest absolute Gasteiger partial charge is 0.395 e. The Balaban J connectivity index is 1.59. The van der Waals surface area contributed by atoms with Crippen LogP contribution in [0.4, 0.5) is 24.5 Å². The maximum absolute atomic E-state index is 13.5.